The Kier molecular flexibility index (Phi) is 11.1. The van der Waals surface area contributed by atoms with Crippen molar-refractivity contribution in [3.05, 3.63) is 59.7 Å². The molecular formula is C31H44N4O6. The van der Waals surface area contributed by atoms with Crippen molar-refractivity contribution in [1.82, 2.24) is 10.4 Å². The highest BCUT2D eigenvalue weighted by Gasteiger charge is 2.30. The molecule has 0 unspecified atom stereocenters. The molecule has 41 heavy (non-hydrogen) atoms. The first-order chi connectivity index (χ1) is 19.0. The molecule has 0 saturated carbocycles. The van der Waals surface area contributed by atoms with Crippen molar-refractivity contribution in [2.24, 2.45) is 0 Å². The zero-order chi connectivity index (χ0) is 31.1. The van der Waals surface area contributed by atoms with Gasteiger partial charge in [0.1, 0.15) is 11.2 Å². The molecule has 0 aliphatic carbocycles. The third kappa shape index (κ3) is 9.60. The molecule has 2 aromatic rings. The van der Waals surface area contributed by atoms with Gasteiger partial charge in [-0.15, -0.1) is 0 Å². The normalized spacial score (nSPS) is 12.4. The van der Waals surface area contributed by atoms with Crippen LogP contribution in [0.3, 0.4) is 0 Å². The number of nitrogens with zero attached hydrogens (tertiary/aromatic N) is 3. The van der Waals surface area contributed by atoms with E-state index >= 15 is 0 Å². The SMILES string of the molecule is CCC(=O)N(c1cccc([C@H](CC)C(=O)N(NC(=O)OC(C)(C)C)c2ccc(C(=O)OC(C)(C)C)cc2)c1)N(C)C. The number of carbonyl (C=O) groups excluding carboxylic acids is 4. The summed E-state index contributed by atoms with van der Waals surface area (Å²) in [7, 11) is 3.55. The van der Waals surface area contributed by atoms with Gasteiger partial charge in [-0.1, -0.05) is 26.0 Å². The van der Waals surface area contributed by atoms with E-state index < -0.39 is 35.1 Å². The van der Waals surface area contributed by atoms with E-state index in [-0.39, 0.29) is 5.91 Å². The highest BCUT2D eigenvalue weighted by Crippen LogP contribution is 2.29. The molecule has 1 N–H and O–H groups in total. The number of ether oxygens (including phenoxy) is 2. The van der Waals surface area contributed by atoms with E-state index in [0.717, 1.165) is 5.01 Å². The Morgan fingerprint density at radius 3 is 1.90 bits per heavy atom. The van der Waals surface area contributed by atoms with Crippen LogP contribution in [0.4, 0.5) is 16.2 Å². The van der Waals surface area contributed by atoms with Crippen LogP contribution >= 0.6 is 0 Å². The highest BCUT2D eigenvalue weighted by molar-refractivity contribution is 6.00. The molecule has 224 valence electrons. The van der Waals surface area contributed by atoms with Crippen LogP contribution in [0.2, 0.25) is 0 Å². The zero-order valence-corrected chi connectivity index (χ0v) is 25.9. The molecule has 3 amide bonds. The van der Waals surface area contributed by atoms with Crippen molar-refractivity contribution in [2.75, 3.05) is 24.1 Å². The lowest BCUT2D eigenvalue weighted by atomic mass is 9.94. The van der Waals surface area contributed by atoms with Crippen molar-refractivity contribution < 1.29 is 28.7 Å². The highest BCUT2D eigenvalue weighted by atomic mass is 16.6. The van der Waals surface area contributed by atoms with E-state index in [4.69, 9.17) is 9.47 Å². The molecule has 0 heterocycles. The number of hydrogen-bond donors (Lipinski definition) is 1. The van der Waals surface area contributed by atoms with Gasteiger partial charge in [0.2, 0.25) is 5.91 Å². The van der Waals surface area contributed by atoms with E-state index in [0.29, 0.717) is 35.3 Å². The van der Waals surface area contributed by atoms with Gasteiger partial charge in [0.25, 0.3) is 5.91 Å². The van der Waals surface area contributed by atoms with Crippen molar-refractivity contribution in [3.8, 4) is 0 Å². The zero-order valence-electron chi connectivity index (χ0n) is 25.9. The Balaban J connectivity index is 2.50. The molecule has 1 atom stereocenters. The molecule has 0 spiro atoms. The van der Waals surface area contributed by atoms with E-state index in [1.807, 2.05) is 13.0 Å². The molecule has 0 radical (unpaired) electrons. The fourth-order valence-corrected chi connectivity index (χ4v) is 4.05. The average molecular weight is 569 g/mol. The van der Waals surface area contributed by atoms with Crippen LogP contribution in [-0.2, 0) is 19.1 Å². The van der Waals surface area contributed by atoms with Gasteiger partial charge in [-0.3, -0.25) is 9.59 Å². The number of esters is 1. The average Bonchev–Trinajstić information content (AvgIpc) is 2.85. The van der Waals surface area contributed by atoms with Gasteiger partial charge in [0, 0.05) is 20.5 Å². The van der Waals surface area contributed by atoms with Gasteiger partial charge >= 0.3 is 12.1 Å². The van der Waals surface area contributed by atoms with Crippen LogP contribution in [0.25, 0.3) is 0 Å². The van der Waals surface area contributed by atoms with Crippen LogP contribution in [0.5, 0.6) is 0 Å². The minimum absolute atomic E-state index is 0.0928. The van der Waals surface area contributed by atoms with Crippen LogP contribution in [0, 0.1) is 0 Å². The van der Waals surface area contributed by atoms with Gasteiger partial charge in [-0.2, -0.15) is 0 Å². The predicted molar refractivity (Wildman–Crippen MR) is 159 cm³/mol. The second-order valence-corrected chi connectivity index (χ2v) is 11.8. The number of benzene rings is 2. The van der Waals surface area contributed by atoms with Crippen molar-refractivity contribution in [1.29, 1.82) is 0 Å². The van der Waals surface area contributed by atoms with Crippen LogP contribution in [-0.4, -0.2) is 54.2 Å². The number of hydrogen-bond acceptors (Lipinski definition) is 7. The molecule has 0 fully saturated rings. The number of nitrogens with one attached hydrogen (secondary N) is 1. The molecule has 0 aliphatic rings. The quantitative estimate of drug-likeness (QED) is 0.315. The van der Waals surface area contributed by atoms with Crippen molar-refractivity contribution in [2.45, 2.75) is 85.4 Å². The minimum atomic E-state index is -0.807. The molecule has 2 rings (SSSR count). The van der Waals surface area contributed by atoms with Crippen molar-refractivity contribution >= 4 is 35.3 Å². The van der Waals surface area contributed by atoms with Gasteiger partial charge in [0.15, 0.2) is 0 Å². The second kappa shape index (κ2) is 13.6. The maximum atomic E-state index is 14.1. The fourth-order valence-electron chi connectivity index (χ4n) is 4.05. The standard InChI is InChI=1S/C31H44N4O6/c1-11-25(22-14-13-15-24(20-22)35(33(9)10)26(36)12-2)27(37)34(32-29(39)41-31(6,7)8)23-18-16-21(17-19-23)28(38)40-30(3,4)5/h13-20,25H,11-12H2,1-10H3,(H,32,39)/t25-/m0/s1. The number of rotatable bonds is 8. The summed E-state index contributed by atoms with van der Waals surface area (Å²) < 4.78 is 10.9. The fraction of sp³-hybridized carbons (Fsp3) is 0.484. The molecule has 2 aromatic carbocycles. The maximum absolute atomic E-state index is 14.1. The molecule has 10 nitrogen and oxygen atoms in total. The van der Waals surface area contributed by atoms with Gasteiger partial charge in [-0.05, 0) is 89.9 Å². The number of anilines is 2. The summed E-state index contributed by atoms with van der Waals surface area (Å²) >= 11 is 0. The van der Waals surface area contributed by atoms with Crippen LogP contribution in [0.1, 0.15) is 90.1 Å². The minimum Gasteiger partial charge on any atom is -0.456 e. The molecule has 0 bridgehead atoms. The molecule has 10 heteroatoms. The van der Waals surface area contributed by atoms with E-state index in [1.54, 1.807) is 103 Å². The third-order valence-electron chi connectivity index (χ3n) is 5.74. The molecule has 0 aromatic heterocycles. The summed E-state index contributed by atoms with van der Waals surface area (Å²) in [5.41, 5.74) is 3.05. The van der Waals surface area contributed by atoms with Crippen molar-refractivity contribution in [3.63, 3.8) is 0 Å². The van der Waals surface area contributed by atoms with Gasteiger partial charge < -0.3 is 9.47 Å². The predicted octanol–water partition coefficient (Wildman–Crippen LogP) is 5.83. The molecule has 0 saturated heterocycles. The summed E-state index contributed by atoms with van der Waals surface area (Å²) in [5, 5.41) is 4.37. The molecular weight excluding hydrogens is 524 g/mol. The third-order valence-corrected chi connectivity index (χ3v) is 5.74. The topological polar surface area (TPSA) is 108 Å². The largest absolute Gasteiger partial charge is 0.456 e. The lowest BCUT2D eigenvalue weighted by Gasteiger charge is -2.31. The lowest BCUT2D eigenvalue weighted by Crippen LogP contribution is -2.50. The Bertz CT molecular complexity index is 1230. The Morgan fingerprint density at radius 2 is 1.41 bits per heavy atom. The Morgan fingerprint density at radius 1 is 0.829 bits per heavy atom. The van der Waals surface area contributed by atoms with Crippen LogP contribution < -0.4 is 15.4 Å². The van der Waals surface area contributed by atoms with E-state index in [9.17, 15) is 19.2 Å². The first-order valence-electron chi connectivity index (χ1n) is 13.7. The second-order valence-electron chi connectivity index (χ2n) is 11.8. The van der Waals surface area contributed by atoms with Crippen LogP contribution in [0.15, 0.2) is 48.5 Å². The smallest absolute Gasteiger partial charge is 0.427 e. The van der Waals surface area contributed by atoms with E-state index in [2.05, 4.69) is 5.43 Å². The first kappa shape index (κ1) is 33.3. The number of hydrazine groups is 2. The number of carbonyl (C=O) groups is 4. The molecule has 0 aliphatic heterocycles. The maximum Gasteiger partial charge on any atom is 0.427 e. The van der Waals surface area contributed by atoms with Gasteiger partial charge in [0.05, 0.1) is 22.9 Å². The summed E-state index contributed by atoms with van der Waals surface area (Å²) in [6.07, 6.45) is -0.0853. The Hall–Kier alpha value is -3.92. The number of amides is 3. The lowest BCUT2D eigenvalue weighted by molar-refractivity contribution is -0.121. The summed E-state index contributed by atoms with van der Waals surface area (Å²) in [4.78, 5) is 52.0. The first-order valence-corrected chi connectivity index (χ1v) is 13.7. The summed E-state index contributed by atoms with van der Waals surface area (Å²) in [5.74, 6) is -1.68. The monoisotopic (exact) mass is 568 g/mol. The summed E-state index contributed by atoms with van der Waals surface area (Å²) in [6.45, 7) is 14.2. The summed E-state index contributed by atoms with van der Waals surface area (Å²) in [6, 6.07) is 13.4. The Labute approximate surface area is 243 Å². The van der Waals surface area contributed by atoms with E-state index in [1.165, 1.54) is 12.1 Å². The van der Waals surface area contributed by atoms with Gasteiger partial charge in [-0.25, -0.2) is 30.0 Å².